The van der Waals surface area contributed by atoms with Gasteiger partial charge in [-0.3, -0.25) is 0 Å². The van der Waals surface area contributed by atoms with Crippen molar-refractivity contribution in [1.29, 1.82) is 0 Å². The van der Waals surface area contributed by atoms with Gasteiger partial charge in [-0.1, -0.05) is 51.0 Å². The molecule has 0 spiro atoms. The van der Waals surface area contributed by atoms with Gasteiger partial charge in [0.2, 0.25) is 0 Å². The van der Waals surface area contributed by atoms with Crippen LogP contribution in [0.4, 0.5) is 0 Å². The van der Waals surface area contributed by atoms with Crippen LogP contribution >= 0.6 is 0 Å². The van der Waals surface area contributed by atoms with Crippen LogP contribution in [0.3, 0.4) is 0 Å². The molecule has 15 heavy (non-hydrogen) atoms. The minimum absolute atomic E-state index is 0.0204. The molecule has 0 bridgehead atoms. The lowest BCUT2D eigenvalue weighted by Gasteiger charge is -2.28. The third-order valence-corrected chi connectivity index (χ3v) is 3.52. The fourth-order valence-corrected chi connectivity index (χ4v) is 2.52. The van der Waals surface area contributed by atoms with Crippen LogP contribution in [-0.4, -0.2) is 0 Å². The van der Waals surface area contributed by atoms with E-state index in [4.69, 9.17) is 4.74 Å². The molecule has 1 aromatic carbocycles. The van der Waals surface area contributed by atoms with Crippen LogP contribution in [0, 0.1) is 0 Å². The Kier molecular flexibility index (Phi) is 3.11. The summed E-state index contributed by atoms with van der Waals surface area (Å²) >= 11 is 0. The quantitative estimate of drug-likeness (QED) is 0.720. The van der Waals surface area contributed by atoms with Crippen molar-refractivity contribution in [3.63, 3.8) is 0 Å². The molecule has 1 heterocycles. The predicted molar refractivity (Wildman–Crippen MR) is 62.7 cm³/mol. The zero-order valence-electron chi connectivity index (χ0n) is 9.75. The van der Waals surface area contributed by atoms with E-state index in [0.717, 1.165) is 19.4 Å². The molecular formula is C14H20O. The second kappa shape index (κ2) is 4.36. The molecular weight excluding hydrogens is 184 g/mol. The summed E-state index contributed by atoms with van der Waals surface area (Å²) < 4.78 is 6.06. The van der Waals surface area contributed by atoms with E-state index in [0.29, 0.717) is 0 Å². The maximum atomic E-state index is 6.06. The fraction of sp³-hybridized carbons (Fsp3) is 0.571. The highest BCUT2D eigenvalue weighted by atomic mass is 16.5. The van der Waals surface area contributed by atoms with E-state index in [-0.39, 0.29) is 5.60 Å². The van der Waals surface area contributed by atoms with Crippen molar-refractivity contribution in [2.45, 2.75) is 51.7 Å². The van der Waals surface area contributed by atoms with Gasteiger partial charge in [-0.2, -0.15) is 0 Å². The van der Waals surface area contributed by atoms with Crippen LogP contribution < -0.4 is 0 Å². The highest BCUT2D eigenvalue weighted by Gasteiger charge is 2.37. The Labute approximate surface area is 92.5 Å². The molecule has 0 N–H and O–H groups in total. The molecule has 1 aromatic rings. The molecule has 0 amide bonds. The number of ether oxygens (including phenoxy) is 1. The summed E-state index contributed by atoms with van der Waals surface area (Å²) in [5, 5.41) is 0. The van der Waals surface area contributed by atoms with E-state index >= 15 is 0 Å². The molecule has 0 aromatic heterocycles. The Hall–Kier alpha value is -0.820. The maximum absolute atomic E-state index is 6.06. The molecule has 1 heteroatoms. The summed E-state index contributed by atoms with van der Waals surface area (Å²) in [4.78, 5) is 0. The van der Waals surface area contributed by atoms with Crippen molar-refractivity contribution in [2.75, 3.05) is 0 Å². The summed E-state index contributed by atoms with van der Waals surface area (Å²) in [5.41, 5.74) is 2.84. The van der Waals surface area contributed by atoms with E-state index in [1.165, 1.54) is 24.0 Å². The Morgan fingerprint density at radius 3 is 2.80 bits per heavy atom. The van der Waals surface area contributed by atoms with Gasteiger partial charge in [-0.25, -0.2) is 0 Å². The second-order valence-electron chi connectivity index (χ2n) is 4.40. The Morgan fingerprint density at radius 2 is 2.07 bits per heavy atom. The zero-order chi connectivity index (χ0) is 10.7. The molecule has 0 aliphatic carbocycles. The molecule has 82 valence electrons. The molecule has 2 rings (SSSR count). The van der Waals surface area contributed by atoms with Gasteiger partial charge in [0.1, 0.15) is 0 Å². The zero-order valence-corrected chi connectivity index (χ0v) is 9.75. The monoisotopic (exact) mass is 204 g/mol. The van der Waals surface area contributed by atoms with E-state index in [9.17, 15) is 0 Å². The van der Waals surface area contributed by atoms with Gasteiger partial charge < -0.3 is 4.74 Å². The lowest BCUT2D eigenvalue weighted by atomic mass is 9.85. The standard InChI is InChI=1S/C14H20O/c1-3-5-10-14(4-2)13-9-7-6-8-12(13)11-15-14/h6-9H,3-5,10-11H2,1-2H3. The normalized spacial score (nSPS) is 24.1. The molecule has 0 fully saturated rings. The molecule has 0 radical (unpaired) electrons. The summed E-state index contributed by atoms with van der Waals surface area (Å²) in [6, 6.07) is 8.66. The minimum atomic E-state index is 0.0204. The first kappa shape index (κ1) is 10.7. The first-order valence-corrected chi connectivity index (χ1v) is 6.05. The number of unbranched alkanes of at least 4 members (excludes halogenated alkanes) is 1. The van der Waals surface area contributed by atoms with Crippen LogP contribution in [0.2, 0.25) is 0 Å². The summed E-state index contributed by atoms with van der Waals surface area (Å²) in [7, 11) is 0. The summed E-state index contributed by atoms with van der Waals surface area (Å²) in [6.45, 7) is 5.27. The first-order valence-electron chi connectivity index (χ1n) is 6.05. The van der Waals surface area contributed by atoms with Crippen LogP contribution in [0.1, 0.15) is 50.7 Å². The van der Waals surface area contributed by atoms with E-state index in [1.807, 2.05) is 0 Å². The van der Waals surface area contributed by atoms with Crippen molar-refractivity contribution in [3.8, 4) is 0 Å². The van der Waals surface area contributed by atoms with Crippen LogP contribution in [-0.2, 0) is 16.9 Å². The van der Waals surface area contributed by atoms with Gasteiger partial charge in [0, 0.05) is 0 Å². The average molecular weight is 204 g/mol. The number of hydrogen-bond acceptors (Lipinski definition) is 1. The van der Waals surface area contributed by atoms with Crippen LogP contribution in [0.5, 0.6) is 0 Å². The van der Waals surface area contributed by atoms with Gasteiger partial charge in [-0.15, -0.1) is 0 Å². The molecule has 0 saturated carbocycles. The van der Waals surface area contributed by atoms with E-state index in [2.05, 4.69) is 38.1 Å². The third kappa shape index (κ3) is 1.81. The highest BCUT2D eigenvalue weighted by Crippen LogP contribution is 2.42. The number of benzene rings is 1. The lowest BCUT2D eigenvalue weighted by molar-refractivity contribution is -0.0488. The average Bonchev–Trinajstić information content (AvgIpc) is 2.66. The molecule has 1 unspecified atom stereocenters. The first-order chi connectivity index (χ1) is 7.32. The molecule has 0 saturated heterocycles. The highest BCUT2D eigenvalue weighted by molar-refractivity contribution is 5.35. The van der Waals surface area contributed by atoms with Gasteiger partial charge >= 0.3 is 0 Å². The van der Waals surface area contributed by atoms with Gasteiger partial charge in [0.25, 0.3) is 0 Å². The fourth-order valence-electron chi connectivity index (χ4n) is 2.52. The van der Waals surface area contributed by atoms with E-state index < -0.39 is 0 Å². The van der Waals surface area contributed by atoms with Crippen molar-refractivity contribution in [1.82, 2.24) is 0 Å². The number of hydrogen-bond donors (Lipinski definition) is 0. The topological polar surface area (TPSA) is 9.23 Å². The van der Waals surface area contributed by atoms with Crippen molar-refractivity contribution >= 4 is 0 Å². The maximum Gasteiger partial charge on any atom is 0.0936 e. The van der Waals surface area contributed by atoms with Crippen LogP contribution in [0.15, 0.2) is 24.3 Å². The van der Waals surface area contributed by atoms with Gasteiger partial charge in [0.15, 0.2) is 0 Å². The predicted octanol–water partition coefficient (Wildman–Crippen LogP) is 4.01. The second-order valence-corrected chi connectivity index (χ2v) is 4.40. The lowest BCUT2D eigenvalue weighted by Crippen LogP contribution is -2.24. The van der Waals surface area contributed by atoms with Gasteiger partial charge in [0.05, 0.1) is 12.2 Å². The van der Waals surface area contributed by atoms with Gasteiger partial charge in [-0.05, 0) is 24.0 Å². The van der Waals surface area contributed by atoms with E-state index in [1.54, 1.807) is 0 Å². The summed E-state index contributed by atoms with van der Waals surface area (Å²) in [5.74, 6) is 0. The van der Waals surface area contributed by atoms with Crippen molar-refractivity contribution < 1.29 is 4.74 Å². The third-order valence-electron chi connectivity index (χ3n) is 3.52. The Morgan fingerprint density at radius 1 is 1.27 bits per heavy atom. The van der Waals surface area contributed by atoms with Crippen molar-refractivity contribution in [2.24, 2.45) is 0 Å². The molecule has 1 nitrogen and oxygen atoms in total. The van der Waals surface area contributed by atoms with Crippen LogP contribution in [0.25, 0.3) is 0 Å². The molecule has 1 aliphatic heterocycles. The minimum Gasteiger partial charge on any atom is -0.366 e. The Balaban J connectivity index is 2.28. The summed E-state index contributed by atoms with van der Waals surface area (Å²) in [6.07, 6.45) is 4.75. The largest absolute Gasteiger partial charge is 0.366 e. The van der Waals surface area contributed by atoms with Crippen molar-refractivity contribution in [3.05, 3.63) is 35.4 Å². The smallest absolute Gasteiger partial charge is 0.0936 e. The SMILES string of the molecule is CCCCC1(CC)OCc2ccccc21. The molecule has 1 atom stereocenters. The Bertz CT molecular complexity index is 332. The molecule has 1 aliphatic rings. The number of rotatable bonds is 4. The number of fused-ring (bicyclic) bond motifs is 1.